The van der Waals surface area contributed by atoms with E-state index in [1.807, 2.05) is 26.8 Å². The largest absolute Gasteiger partial charge is 0.320 e. The molecular formula is C10H19ClN4O. The molecule has 0 fully saturated rings. The summed E-state index contributed by atoms with van der Waals surface area (Å²) in [4.78, 5) is 11.6. The Morgan fingerprint density at radius 2 is 2.12 bits per heavy atom. The van der Waals surface area contributed by atoms with Crippen molar-refractivity contribution in [2.75, 3.05) is 5.32 Å². The van der Waals surface area contributed by atoms with Gasteiger partial charge >= 0.3 is 0 Å². The molecule has 1 atom stereocenters. The van der Waals surface area contributed by atoms with Gasteiger partial charge in [0.15, 0.2) is 0 Å². The van der Waals surface area contributed by atoms with E-state index in [2.05, 4.69) is 10.4 Å². The lowest BCUT2D eigenvalue weighted by Crippen LogP contribution is -2.40. The lowest BCUT2D eigenvalue weighted by Gasteiger charge is -2.14. The number of amides is 1. The van der Waals surface area contributed by atoms with Gasteiger partial charge in [-0.2, -0.15) is 5.10 Å². The first-order valence-corrected chi connectivity index (χ1v) is 4.99. The van der Waals surface area contributed by atoms with Gasteiger partial charge in [-0.25, -0.2) is 0 Å². The molecule has 6 heteroatoms. The standard InChI is InChI=1S/C10H18N4O.ClH/c1-6(2)9(11)10(15)12-8-5-7(3)13-14(8)4;/h5-6,9H,11H2,1-4H3,(H,12,15);1H/t9-;/m0./s1. The molecule has 0 saturated carbocycles. The molecule has 0 saturated heterocycles. The van der Waals surface area contributed by atoms with Crippen molar-refractivity contribution < 1.29 is 4.79 Å². The fraction of sp³-hybridized carbons (Fsp3) is 0.600. The van der Waals surface area contributed by atoms with E-state index in [9.17, 15) is 4.79 Å². The smallest absolute Gasteiger partial charge is 0.242 e. The summed E-state index contributed by atoms with van der Waals surface area (Å²) in [5, 5.41) is 6.88. The molecule has 0 radical (unpaired) electrons. The minimum absolute atomic E-state index is 0. The second-order valence-corrected chi connectivity index (χ2v) is 4.05. The Balaban J connectivity index is 0.00000225. The number of hydrogen-bond acceptors (Lipinski definition) is 3. The maximum Gasteiger partial charge on any atom is 0.242 e. The molecule has 1 amide bonds. The molecule has 0 aromatic carbocycles. The minimum atomic E-state index is -0.486. The Hall–Kier alpha value is -1.07. The van der Waals surface area contributed by atoms with Crippen LogP contribution in [0.15, 0.2) is 6.07 Å². The van der Waals surface area contributed by atoms with Crippen LogP contribution in [0.4, 0.5) is 5.82 Å². The van der Waals surface area contributed by atoms with Crippen LogP contribution in [-0.4, -0.2) is 21.7 Å². The molecule has 16 heavy (non-hydrogen) atoms. The fourth-order valence-electron chi connectivity index (χ4n) is 1.24. The number of nitrogens with zero attached hydrogens (tertiary/aromatic N) is 2. The molecule has 3 N–H and O–H groups in total. The third kappa shape index (κ3) is 3.50. The van der Waals surface area contributed by atoms with Gasteiger partial charge in [-0.15, -0.1) is 12.4 Å². The molecule has 0 bridgehead atoms. The number of anilines is 1. The zero-order valence-corrected chi connectivity index (χ0v) is 10.8. The van der Waals surface area contributed by atoms with Crippen LogP contribution in [0.25, 0.3) is 0 Å². The molecule has 0 aliphatic rings. The highest BCUT2D eigenvalue weighted by Gasteiger charge is 2.18. The third-order valence-corrected chi connectivity index (χ3v) is 2.27. The second-order valence-electron chi connectivity index (χ2n) is 4.05. The molecule has 1 aromatic heterocycles. The van der Waals surface area contributed by atoms with E-state index in [0.29, 0.717) is 5.82 Å². The molecule has 0 unspecified atom stereocenters. The number of rotatable bonds is 3. The van der Waals surface area contributed by atoms with E-state index in [1.54, 1.807) is 11.7 Å². The zero-order chi connectivity index (χ0) is 11.6. The molecule has 1 aromatic rings. The lowest BCUT2D eigenvalue weighted by molar-refractivity contribution is -0.118. The van der Waals surface area contributed by atoms with Gasteiger partial charge in [0.25, 0.3) is 0 Å². The van der Waals surface area contributed by atoms with Crippen molar-refractivity contribution in [3.63, 3.8) is 0 Å². The number of halogens is 1. The van der Waals surface area contributed by atoms with Crippen LogP contribution in [-0.2, 0) is 11.8 Å². The number of aryl methyl sites for hydroxylation is 2. The zero-order valence-electron chi connectivity index (χ0n) is 10.0. The average Bonchev–Trinajstić information content (AvgIpc) is 2.43. The van der Waals surface area contributed by atoms with Crippen LogP contribution in [0.1, 0.15) is 19.5 Å². The summed E-state index contributed by atoms with van der Waals surface area (Å²) >= 11 is 0. The Labute approximate surface area is 102 Å². The maximum absolute atomic E-state index is 11.6. The number of aromatic nitrogens is 2. The molecule has 92 valence electrons. The van der Waals surface area contributed by atoms with Gasteiger partial charge in [-0.3, -0.25) is 9.48 Å². The molecule has 1 rings (SSSR count). The van der Waals surface area contributed by atoms with Gasteiger partial charge in [-0.05, 0) is 12.8 Å². The van der Waals surface area contributed by atoms with Crippen molar-refractivity contribution in [3.8, 4) is 0 Å². The predicted molar refractivity (Wildman–Crippen MR) is 66.6 cm³/mol. The van der Waals surface area contributed by atoms with E-state index in [1.165, 1.54) is 0 Å². The first-order valence-electron chi connectivity index (χ1n) is 4.99. The molecule has 0 aliphatic heterocycles. The summed E-state index contributed by atoms with van der Waals surface area (Å²) in [5.41, 5.74) is 6.59. The van der Waals surface area contributed by atoms with Crippen LogP contribution >= 0.6 is 12.4 Å². The van der Waals surface area contributed by atoms with E-state index in [0.717, 1.165) is 5.69 Å². The van der Waals surface area contributed by atoms with Gasteiger partial charge in [0, 0.05) is 13.1 Å². The second kappa shape index (κ2) is 5.86. The van der Waals surface area contributed by atoms with Crippen molar-refractivity contribution in [1.82, 2.24) is 9.78 Å². The van der Waals surface area contributed by atoms with Gasteiger partial charge < -0.3 is 11.1 Å². The predicted octanol–water partition coefficient (Wildman–Crippen LogP) is 1.07. The van der Waals surface area contributed by atoms with E-state index in [-0.39, 0.29) is 24.2 Å². The monoisotopic (exact) mass is 246 g/mol. The van der Waals surface area contributed by atoms with Gasteiger partial charge in [0.1, 0.15) is 5.82 Å². The van der Waals surface area contributed by atoms with Crippen LogP contribution < -0.4 is 11.1 Å². The van der Waals surface area contributed by atoms with Crippen molar-refractivity contribution in [2.24, 2.45) is 18.7 Å². The molecule has 1 heterocycles. The molecule has 5 nitrogen and oxygen atoms in total. The van der Waals surface area contributed by atoms with E-state index in [4.69, 9.17) is 5.73 Å². The topological polar surface area (TPSA) is 72.9 Å². The Morgan fingerprint density at radius 1 is 1.56 bits per heavy atom. The third-order valence-electron chi connectivity index (χ3n) is 2.27. The molecular weight excluding hydrogens is 228 g/mol. The Morgan fingerprint density at radius 3 is 2.50 bits per heavy atom. The number of carbonyl (C=O) groups is 1. The first-order chi connectivity index (χ1) is 6.91. The summed E-state index contributed by atoms with van der Waals surface area (Å²) in [6.07, 6.45) is 0. The number of carbonyl (C=O) groups excluding carboxylic acids is 1. The number of hydrogen-bond donors (Lipinski definition) is 2. The van der Waals surface area contributed by atoms with Crippen LogP contribution in [0.2, 0.25) is 0 Å². The molecule has 0 spiro atoms. The van der Waals surface area contributed by atoms with Crippen LogP contribution in [0, 0.1) is 12.8 Å². The summed E-state index contributed by atoms with van der Waals surface area (Å²) in [7, 11) is 1.78. The van der Waals surface area contributed by atoms with Gasteiger partial charge in [0.05, 0.1) is 11.7 Å². The Kier molecular flexibility index (Phi) is 5.47. The molecule has 0 aliphatic carbocycles. The summed E-state index contributed by atoms with van der Waals surface area (Å²) in [6.45, 7) is 5.70. The van der Waals surface area contributed by atoms with Crippen molar-refractivity contribution in [1.29, 1.82) is 0 Å². The summed E-state index contributed by atoms with van der Waals surface area (Å²) in [6, 6.07) is 1.32. The summed E-state index contributed by atoms with van der Waals surface area (Å²) in [5.74, 6) is 0.626. The van der Waals surface area contributed by atoms with Crippen LogP contribution in [0.3, 0.4) is 0 Å². The first kappa shape index (κ1) is 14.9. The van der Waals surface area contributed by atoms with E-state index >= 15 is 0 Å². The fourth-order valence-corrected chi connectivity index (χ4v) is 1.24. The van der Waals surface area contributed by atoms with Crippen molar-refractivity contribution >= 4 is 24.1 Å². The maximum atomic E-state index is 11.6. The average molecular weight is 247 g/mol. The Bertz CT molecular complexity index is 362. The van der Waals surface area contributed by atoms with Gasteiger partial charge in [0.2, 0.25) is 5.91 Å². The lowest BCUT2D eigenvalue weighted by atomic mass is 10.1. The minimum Gasteiger partial charge on any atom is -0.320 e. The highest BCUT2D eigenvalue weighted by molar-refractivity contribution is 5.94. The summed E-state index contributed by atoms with van der Waals surface area (Å²) < 4.78 is 1.63. The normalized spacial score (nSPS) is 12.1. The van der Waals surface area contributed by atoms with Crippen LogP contribution in [0.5, 0.6) is 0 Å². The SMILES string of the molecule is Cc1cc(NC(=O)[C@@H](N)C(C)C)n(C)n1.Cl. The van der Waals surface area contributed by atoms with Crippen molar-refractivity contribution in [3.05, 3.63) is 11.8 Å². The van der Waals surface area contributed by atoms with Crippen molar-refractivity contribution in [2.45, 2.75) is 26.8 Å². The highest BCUT2D eigenvalue weighted by atomic mass is 35.5. The quantitative estimate of drug-likeness (QED) is 0.838. The van der Waals surface area contributed by atoms with E-state index < -0.39 is 6.04 Å². The van der Waals surface area contributed by atoms with Gasteiger partial charge in [-0.1, -0.05) is 13.8 Å². The highest BCUT2D eigenvalue weighted by Crippen LogP contribution is 2.09. The number of nitrogens with two attached hydrogens (primary N) is 1. The number of nitrogens with one attached hydrogen (secondary N) is 1.